The molecule has 1 aliphatic rings. The molecule has 1 aromatic carbocycles. The molecule has 3 N–H and O–H groups in total. The zero-order chi connectivity index (χ0) is 13.6. The molecule has 6 nitrogen and oxygen atoms in total. The van der Waals surface area contributed by atoms with Crippen LogP contribution in [-0.4, -0.2) is 34.0 Å². The Balaban J connectivity index is 2.86. The number of hydrogen-bond donors (Lipinski definition) is 3. The highest BCUT2D eigenvalue weighted by atomic mass is 35.5. The van der Waals surface area contributed by atoms with Crippen LogP contribution in [0.1, 0.15) is 20.7 Å². The van der Waals surface area contributed by atoms with E-state index in [-0.39, 0.29) is 0 Å². The monoisotopic (exact) mass is 270 g/mol. The smallest absolute Gasteiger partial charge is 0.233 e. The van der Waals surface area contributed by atoms with Crippen LogP contribution in [0.4, 0.5) is 0 Å². The predicted octanol–water partition coefficient (Wildman–Crippen LogP) is 1.28. The van der Waals surface area contributed by atoms with E-state index in [0.29, 0.717) is 0 Å². The van der Waals surface area contributed by atoms with Gasteiger partial charge in [-0.25, -0.2) is 0 Å². The van der Waals surface area contributed by atoms with Gasteiger partial charge in [0, 0.05) is 6.07 Å². The van der Waals surface area contributed by atoms with Crippen molar-refractivity contribution in [1.29, 1.82) is 0 Å². The first-order valence-corrected chi connectivity index (χ1v) is 5.09. The number of hydrogen-bond acceptors (Lipinski definition) is 6. The highest BCUT2D eigenvalue weighted by Gasteiger charge is 2.38. The Bertz CT molecular complexity index is 616. The largest absolute Gasteiger partial charge is 0.507 e. The number of halogens is 1. The molecule has 0 spiro atoms. The summed E-state index contributed by atoms with van der Waals surface area (Å²) < 4.78 is 4.69. The normalized spacial score (nSPS) is 14.8. The second-order valence-corrected chi connectivity index (χ2v) is 3.90. The van der Waals surface area contributed by atoms with Crippen LogP contribution in [0.3, 0.4) is 0 Å². The van der Waals surface area contributed by atoms with Crippen LogP contribution in [-0.2, 0) is 4.74 Å². The number of carbonyl (C=O) groups is 2. The number of Topliss-reactive ketones (excluding diaryl/α,β-unsaturated/α-hetero) is 2. The van der Waals surface area contributed by atoms with Crippen molar-refractivity contribution in [2.24, 2.45) is 0 Å². The van der Waals surface area contributed by atoms with Crippen molar-refractivity contribution in [1.82, 2.24) is 0 Å². The number of methoxy groups -OCH3 is 1. The maximum atomic E-state index is 11.9. The summed E-state index contributed by atoms with van der Waals surface area (Å²) in [6, 6.07) is 0.756. The Labute approximate surface area is 106 Å². The number of phenolic OH excluding ortho intramolecular Hbond substituents is 3. The molecule has 0 aliphatic heterocycles. The van der Waals surface area contributed by atoms with Gasteiger partial charge in [0.1, 0.15) is 10.8 Å². The van der Waals surface area contributed by atoms with Gasteiger partial charge in [-0.1, -0.05) is 11.6 Å². The Morgan fingerprint density at radius 2 is 1.67 bits per heavy atom. The lowest BCUT2D eigenvalue weighted by molar-refractivity contribution is 0.0907. The van der Waals surface area contributed by atoms with Gasteiger partial charge in [0.25, 0.3) is 0 Å². The van der Waals surface area contributed by atoms with Crippen LogP contribution in [0, 0.1) is 0 Å². The third-order valence-corrected chi connectivity index (χ3v) is 2.87. The molecule has 0 fully saturated rings. The molecule has 0 bridgehead atoms. The Hall–Kier alpha value is -2.21. The van der Waals surface area contributed by atoms with Crippen molar-refractivity contribution >= 4 is 23.2 Å². The van der Waals surface area contributed by atoms with E-state index < -0.39 is 50.7 Å². The standard InChI is InChI=1S/C11H7ClO6/c1-18-11-7(12)9(16)6-5(10(11)17)3(13)2-4(14)8(6)15/h2,13-15H,1H3. The first-order chi connectivity index (χ1) is 8.40. The quantitative estimate of drug-likeness (QED) is 0.524. The highest BCUT2D eigenvalue weighted by molar-refractivity contribution is 6.50. The number of aromatic hydroxyl groups is 3. The second-order valence-electron chi connectivity index (χ2n) is 3.52. The first-order valence-electron chi connectivity index (χ1n) is 4.71. The molecule has 0 aromatic heterocycles. The summed E-state index contributed by atoms with van der Waals surface area (Å²) in [6.07, 6.45) is 0. The zero-order valence-electron chi connectivity index (χ0n) is 9.02. The molecule has 0 radical (unpaired) electrons. The van der Waals surface area contributed by atoms with E-state index >= 15 is 0 Å². The van der Waals surface area contributed by atoms with E-state index in [1.807, 2.05) is 0 Å². The van der Waals surface area contributed by atoms with E-state index in [1.165, 1.54) is 0 Å². The number of ketones is 2. The fraction of sp³-hybridized carbons (Fsp3) is 0.0909. The topological polar surface area (TPSA) is 104 Å². The maximum Gasteiger partial charge on any atom is 0.233 e. The number of fused-ring (bicyclic) bond motifs is 1. The SMILES string of the molecule is COC1=C(Cl)C(=O)c2c(O)c(O)cc(O)c2C1=O. The van der Waals surface area contributed by atoms with Crippen molar-refractivity contribution in [3.05, 3.63) is 28.0 Å². The molecule has 0 heterocycles. The van der Waals surface area contributed by atoms with Crippen LogP contribution >= 0.6 is 11.6 Å². The number of ether oxygens (including phenoxy) is 1. The molecule has 18 heavy (non-hydrogen) atoms. The average Bonchev–Trinajstić information content (AvgIpc) is 2.31. The number of allylic oxidation sites excluding steroid dienone is 2. The van der Waals surface area contributed by atoms with Crippen molar-refractivity contribution in [2.45, 2.75) is 0 Å². The van der Waals surface area contributed by atoms with Gasteiger partial charge in [0.15, 0.2) is 17.3 Å². The van der Waals surface area contributed by atoms with Crippen molar-refractivity contribution in [3.63, 3.8) is 0 Å². The summed E-state index contributed by atoms with van der Waals surface area (Å²) in [5, 5.41) is 27.9. The fourth-order valence-corrected chi connectivity index (χ4v) is 1.96. The zero-order valence-corrected chi connectivity index (χ0v) is 9.78. The average molecular weight is 271 g/mol. The lowest BCUT2D eigenvalue weighted by atomic mass is 9.91. The number of phenols is 3. The minimum Gasteiger partial charge on any atom is -0.507 e. The van der Waals surface area contributed by atoms with Gasteiger partial charge in [-0.05, 0) is 0 Å². The van der Waals surface area contributed by atoms with Gasteiger partial charge in [-0.3, -0.25) is 9.59 Å². The van der Waals surface area contributed by atoms with Crippen LogP contribution < -0.4 is 0 Å². The summed E-state index contributed by atoms with van der Waals surface area (Å²) in [6.45, 7) is 0. The number of rotatable bonds is 1. The maximum absolute atomic E-state index is 11.9. The lowest BCUT2D eigenvalue weighted by Gasteiger charge is -2.18. The summed E-state index contributed by atoms with van der Waals surface area (Å²) >= 11 is 5.64. The lowest BCUT2D eigenvalue weighted by Crippen LogP contribution is -2.21. The molecule has 0 saturated carbocycles. The number of benzene rings is 1. The molecule has 0 atom stereocenters. The third kappa shape index (κ3) is 1.42. The number of carbonyl (C=O) groups excluding carboxylic acids is 2. The summed E-state index contributed by atoms with van der Waals surface area (Å²) in [5.41, 5.74) is -0.986. The van der Waals surface area contributed by atoms with Gasteiger partial charge in [0.05, 0.1) is 18.2 Å². The van der Waals surface area contributed by atoms with E-state index in [9.17, 15) is 24.9 Å². The molecular formula is C11H7ClO6. The molecule has 7 heteroatoms. The molecule has 2 rings (SSSR count). The second kappa shape index (κ2) is 3.92. The molecule has 94 valence electrons. The van der Waals surface area contributed by atoms with Crippen LogP contribution in [0.25, 0.3) is 0 Å². The minimum atomic E-state index is -0.910. The fourth-order valence-electron chi connectivity index (χ4n) is 1.70. The predicted molar refractivity (Wildman–Crippen MR) is 60.0 cm³/mol. The Kier molecular flexibility index (Phi) is 2.67. The molecular weight excluding hydrogens is 264 g/mol. The Morgan fingerprint density at radius 3 is 2.22 bits per heavy atom. The first kappa shape index (κ1) is 12.3. The van der Waals surface area contributed by atoms with Crippen molar-refractivity contribution < 1.29 is 29.6 Å². The van der Waals surface area contributed by atoms with Gasteiger partial charge in [-0.2, -0.15) is 0 Å². The van der Waals surface area contributed by atoms with E-state index in [0.717, 1.165) is 13.2 Å². The van der Waals surface area contributed by atoms with Gasteiger partial charge in [-0.15, -0.1) is 0 Å². The van der Waals surface area contributed by atoms with Gasteiger partial charge in [0.2, 0.25) is 11.6 Å². The van der Waals surface area contributed by atoms with E-state index in [1.54, 1.807) is 0 Å². The highest BCUT2D eigenvalue weighted by Crippen LogP contribution is 2.43. The molecule has 1 aromatic rings. The molecule has 0 amide bonds. The van der Waals surface area contributed by atoms with E-state index in [4.69, 9.17) is 16.3 Å². The molecule has 0 saturated heterocycles. The van der Waals surface area contributed by atoms with Gasteiger partial charge >= 0.3 is 0 Å². The Morgan fingerprint density at radius 1 is 1.06 bits per heavy atom. The van der Waals surface area contributed by atoms with Crippen LogP contribution in [0.2, 0.25) is 0 Å². The molecule has 1 aliphatic carbocycles. The van der Waals surface area contributed by atoms with Crippen LogP contribution in [0.5, 0.6) is 17.2 Å². The van der Waals surface area contributed by atoms with Crippen molar-refractivity contribution in [2.75, 3.05) is 7.11 Å². The van der Waals surface area contributed by atoms with Crippen LogP contribution in [0.15, 0.2) is 16.9 Å². The van der Waals surface area contributed by atoms with Crippen molar-refractivity contribution in [3.8, 4) is 17.2 Å². The third-order valence-electron chi connectivity index (χ3n) is 2.52. The molecule has 0 unspecified atom stereocenters. The summed E-state index contributed by atoms with van der Waals surface area (Å²) in [7, 11) is 1.14. The van der Waals surface area contributed by atoms with Gasteiger partial charge < -0.3 is 20.1 Å². The summed E-state index contributed by atoms with van der Waals surface area (Å²) in [4.78, 5) is 23.8. The summed E-state index contributed by atoms with van der Waals surface area (Å²) in [5.74, 6) is -4.35. The minimum absolute atomic E-state index is 0.422. The van der Waals surface area contributed by atoms with E-state index in [2.05, 4.69) is 0 Å².